The minimum Gasteiger partial charge on any atom is -0.398 e. The smallest absolute Gasteiger partial charge is 0.398 e. The van der Waals surface area contributed by atoms with Crippen LogP contribution >= 0.6 is 0 Å². The van der Waals surface area contributed by atoms with Gasteiger partial charge in [-0.3, -0.25) is 4.79 Å². The predicted octanol–water partition coefficient (Wildman–Crippen LogP) is 2.54. The molecule has 1 unspecified atom stereocenters. The van der Waals surface area contributed by atoms with Gasteiger partial charge in [0.05, 0.1) is 30.4 Å². The van der Waals surface area contributed by atoms with Gasteiger partial charge in [-0.2, -0.15) is 13.2 Å². The quantitative estimate of drug-likeness (QED) is 0.854. The Kier molecular flexibility index (Phi) is 4.41. The third kappa shape index (κ3) is 3.29. The number of ether oxygens (including phenoxy) is 1. The van der Waals surface area contributed by atoms with Gasteiger partial charge in [0.2, 0.25) is 0 Å². The fourth-order valence-electron chi connectivity index (χ4n) is 2.33. The third-order valence-electron chi connectivity index (χ3n) is 3.57. The second kappa shape index (κ2) is 5.93. The van der Waals surface area contributed by atoms with Crippen molar-refractivity contribution in [1.29, 1.82) is 0 Å². The first kappa shape index (κ1) is 15.6. The van der Waals surface area contributed by atoms with E-state index in [0.29, 0.717) is 26.2 Å². The number of carbonyl (C=O) groups is 1. The van der Waals surface area contributed by atoms with E-state index in [1.165, 1.54) is 4.90 Å². The van der Waals surface area contributed by atoms with Gasteiger partial charge < -0.3 is 15.4 Å². The highest BCUT2D eigenvalue weighted by atomic mass is 19.4. The molecule has 0 bridgehead atoms. The van der Waals surface area contributed by atoms with Gasteiger partial charge in [0.15, 0.2) is 0 Å². The van der Waals surface area contributed by atoms with Crippen LogP contribution in [0.25, 0.3) is 0 Å². The Morgan fingerprint density at radius 3 is 2.81 bits per heavy atom. The summed E-state index contributed by atoms with van der Waals surface area (Å²) in [5.41, 5.74) is 4.75. The van der Waals surface area contributed by atoms with Crippen LogP contribution in [-0.2, 0) is 10.9 Å². The molecular formula is C14H17F3N2O2. The fourth-order valence-corrected chi connectivity index (χ4v) is 2.33. The van der Waals surface area contributed by atoms with Crippen molar-refractivity contribution in [3.05, 3.63) is 29.3 Å². The minimum absolute atomic E-state index is 0.0503. The van der Waals surface area contributed by atoms with Crippen LogP contribution in [0.1, 0.15) is 29.3 Å². The number of halogens is 3. The molecule has 21 heavy (non-hydrogen) atoms. The summed E-state index contributed by atoms with van der Waals surface area (Å²) in [5, 5.41) is 0. The monoisotopic (exact) mass is 302 g/mol. The summed E-state index contributed by atoms with van der Waals surface area (Å²) in [6.45, 7) is 3.02. The lowest BCUT2D eigenvalue weighted by atomic mass is 10.0. The molecule has 1 fully saturated rings. The molecule has 0 saturated carbocycles. The molecule has 0 aliphatic carbocycles. The molecular weight excluding hydrogens is 285 g/mol. The topological polar surface area (TPSA) is 55.6 Å². The van der Waals surface area contributed by atoms with Crippen molar-refractivity contribution in [3.63, 3.8) is 0 Å². The van der Waals surface area contributed by atoms with Gasteiger partial charge in [0.1, 0.15) is 0 Å². The zero-order chi connectivity index (χ0) is 15.6. The average molecular weight is 302 g/mol. The minimum atomic E-state index is -4.50. The molecule has 0 aromatic heterocycles. The molecule has 0 spiro atoms. The first-order valence-electron chi connectivity index (χ1n) is 6.70. The summed E-state index contributed by atoms with van der Waals surface area (Å²) in [5.74, 6) is -0.478. The number of alkyl halides is 3. The van der Waals surface area contributed by atoms with Gasteiger partial charge in [0, 0.05) is 12.2 Å². The van der Waals surface area contributed by atoms with Crippen molar-refractivity contribution in [2.24, 2.45) is 0 Å². The molecule has 2 rings (SSSR count). The molecule has 0 radical (unpaired) electrons. The van der Waals surface area contributed by atoms with E-state index in [2.05, 4.69) is 0 Å². The lowest BCUT2D eigenvalue weighted by Gasteiger charge is -2.35. The number of nitrogens with zero attached hydrogens (tertiary/aromatic N) is 1. The maximum atomic E-state index is 12.8. The maximum absolute atomic E-state index is 12.8. The lowest BCUT2D eigenvalue weighted by molar-refractivity contribution is -0.137. The number of nitrogen functional groups attached to an aromatic ring is 1. The largest absolute Gasteiger partial charge is 0.416 e. The van der Waals surface area contributed by atoms with Crippen molar-refractivity contribution in [2.75, 3.05) is 25.5 Å². The second-order valence-electron chi connectivity index (χ2n) is 4.94. The van der Waals surface area contributed by atoms with Crippen molar-refractivity contribution >= 4 is 11.6 Å². The number of nitrogens with two attached hydrogens (primary N) is 1. The third-order valence-corrected chi connectivity index (χ3v) is 3.57. The van der Waals surface area contributed by atoms with Gasteiger partial charge >= 0.3 is 6.18 Å². The van der Waals surface area contributed by atoms with Gasteiger partial charge in [-0.1, -0.05) is 6.92 Å². The van der Waals surface area contributed by atoms with E-state index >= 15 is 0 Å². The highest BCUT2D eigenvalue weighted by Gasteiger charge is 2.33. The number of hydrogen-bond donors (Lipinski definition) is 1. The number of benzene rings is 1. The molecule has 2 N–H and O–H groups in total. The van der Waals surface area contributed by atoms with Crippen LogP contribution in [0.5, 0.6) is 0 Å². The summed E-state index contributed by atoms with van der Waals surface area (Å²) in [6, 6.07) is 2.68. The van der Waals surface area contributed by atoms with E-state index in [-0.39, 0.29) is 17.3 Å². The Bertz CT molecular complexity index is 531. The summed E-state index contributed by atoms with van der Waals surface area (Å²) in [4.78, 5) is 14.0. The highest BCUT2D eigenvalue weighted by Crippen LogP contribution is 2.32. The van der Waals surface area contributed by atoms with E-state index in [1.807, 2.05) is 6.92 Å². The van der Waals surface area contributed by atoms with Crippen molar-refractivity contribution in [1.82, 2.24) is 4.90 Å². The Morgan fingerprint density at radius 1 is 1.48 bits per heavy atom. The molecule has 1 aliphatic rings. The zero-order valence-corrected chi connectivity index (χ0v) is 11.6. The average Bonchev–Trinajstić information content (AvgIpc) is 2.45. The number of amides is 1. The summed E-state index contributed by atoms with van der Waals surface area (Å²) >= 11 is 0. The van der Waals surface area contributed by atoms with Gasteiger partial charge in [-0.25, -0.2) is 0 Å². The highest BCUT2D eigenvalue weighted by molar-refractivity contribution is 5.99. The molecule has 1 heterocycles. The van der Waals surface area contributed by atoms with E-state index in [4.69, 9.17) is 10.5 Å². The number of carbonyl (C=O) groups excluding carboxylic acids is 1. The standard InChI is InChI=1S/C14H17F3N2O2/c1-2-10-8-21-6-5-19(10)13(20)11-7-9(14(15,16)17)3-4-12(11)18/h3-4,7,10H,2,5-6,8,18H2,1H3. The van der Waals surface area contributed by atoms with Crippen LogP contribution < -0.4 is 5.73 Å². The lowest BCUT2D eigenvalue weighted by Crippen LogP contribution is -2.48. The van der Waals surface area contributed by atoms with Crippen molar-refractivity contribution in [3.8, 4) is 0 Å². The van der Waals surface area contributed by atoms with E-state index in [0.717, 1.165) is 18.2 Å². The van der Waals surface area contributed by atoms with Gasteiger partial charge in [-0.15, -0.1) is 0 Å². The number of morpholine rings is 1. The number of anilines is 1. The van der Waals surface area contributed by atoms with E-state index < -0.39 is 17.6 Å². The van der Waals surface area contributed by atoms with Crippen LogP contribution in [0.15, 0.2) is 18.2 Å². The van der Waals surface area contributed by atoms with Crippen LogP contribution in [0.4, 0.5) is 18.9 Å². The van der Waals surface area contributed by atoms with Crippen LogP contribution in [0.3, 0.4) is 0 Å². The first-order valence-corrected chi connectivity index (χ1v) is 6.70. The van der Waals surface area contributed by atoms with Crippen LogP contribution in [0, 0.1) is 0 Å². The van der Waals surface area contributed by atoms with Crippen LogP contribution in [0.2, 0.25) is 0 Å². The Balaban J connectivity index is 2.33. The second-order valence-corrected chi connectivity index (χ2v) is 4.94. The normalized spacial score (nSPS) is 19.6. The summed E-state index contributed by atoms with van der Waals surface area (Å²) < 4.78 is 43.6. The fraction of sp³-hybridized carbons (Fsp3) is 0.500. The molecule has 7 heteroatoms. The molecule has 1 aromatic rings. The molecule has 1 atom stereocenters. The first-order chi connectivity index (χ1) is 9.84. The van der Waals surface area contributed by atoms with Crippen molar-refractivity contribution < 1.29 is 22.7 Å². The zero-order valence-electron chi connectivity index (χ0n) is 11.6. The summed E-state index contributed by atoms with van der Waals surface area (Å²) in [7, 11) is 0. The molecule has 1 amide bonds. The SMILES string of the molecule is CCC1COCCN1C(=O)c1cc(C(F)(F)F)ccc1N. The molecule has 116 valence electrons. The summed E-state index contributed by atoms with van der Waals surface area (Å²) in [6.07, 6.45) is -3.83. The van der Waals surface area contributed by atoms with Crippen molar-refractivity contribution in [2.45, 2.75) is 25.6 Å². The van der Waals surface area contributed by atoms with E-state index in [9.17, 15) is 18.0 Å². The van der Waals surface area contributed by atoms with E-state index in [1.54, 1.807) is 0 Å². The number of rotatable bonds is 2. The predicted molar refractivity (Wildman–Crippen MR) is 71.8 cm³/mol. The number of hydrogen-bond acceptors (Lipinski definition) is 3. The Morgan fingerprint density at radius 2 is 2.19 bits per heavy atom. The van der Waals surface area contributed by atoms with Crippen LogP contribution in [-0.4, -0.2) is 36.6 Å². The molecule has 1 aliphatic heterocycles. The Hall–Kier alpha value is -1.76. The maximum Gasteiger partial charge on any atom is 0.416 e. The molecule has 1 saturated heterocycles. The molecule has 1 aromatic carbocycles. The Labute approximate surface area is 120 Å². The molecule has 4 nitrogen and oxygen atoms in total. The van der Waals surface area contributed by atoms with Gasteiger partial charge in [-0.05, 0) is 24.6 Å². The van der Waals surface area contributed by atoms with Gasteiger partial charge in [0.25, 0.3) is 5.91 Å².